The van der Waals surface area contributed by atoms with Crippen molar-refractivity contribution in [2.75, 3.05) is 12.0 Å². The Morgan fingerprint density at radius 2 is 1.88 bits per heavy atom. The number of hydrogen-bond acceptors (Lipinski definition) is 7. The van der Waals surface area contributed by atoms with Crippen LogP contribution in [0.1, 0.15) is 0 Å². The summed E-state index contributed by atoms with van der Waals surface area (Å²) in [5.74, 6) is -0.479. The Morgan fingerprint density at radius 1 is 1.24 bits per heavy atom. The van der Waals surface area contributed by atoms with Gasteiger partial charge in [0.1, 0.15) is 5.75 Å². The lowest BCUT2D eigenvalue weighted by Crippen LogP contribution is -2.10. The molecule has 0 aliphatic heterocycles. The molecule has 0 aromatic heterocycles. The minimum absolute atomic E-state index is 0.160. The largest absolute Gasteiger partial charge is 0.426 e. The smallest absolute Gasteiger partial charge is 0.321 e. The molecule has 25 heavy (non-hydrogen) atoms. The first-order valence-electron chi connectivity index (χ1n) is 6.74. The van der Waals surface area contributed by atoms with E-state index in [1.165, 1.54) is 24.3 Å². The summed E-state index contributed by atoms with van der Waals surface area (Å²) < 4.78 is 28.1. The Morgan fingerprint density at radius 3 is 2.44 bits per heavy atom. The van der Waals surface area contributed by atoms with E-state index in [1.807, 2.05) is 0 Å². The number of rotatable bonds is 6. The molecule has 0 unspecified atom stereocenters. The Balaban J connectivity index is 2.10. The third kappa shape index (κ3) is 5.45. The van der Waals surface area contributed by atoms with Crippen LogP contribution in [0.2, 0.25) is 5.02 Å². The summed E-state index contributed by atoms with van der Waals surface area (Å²) in [6, 6.07) is 9.70. The van der Waals surface area contributed by atoms with Crippen molar-refractivity contribution in [3.8, 4) is 5.75 Å². The Labute approximate surface area is 153 Å². The Hall–Kier alpha value is -2.10. The van der Waals surface area contributed by atoms with Crippen LogP contribution in [0.3, 0.4) is 0 Å². The summed E-state index contributed by atoms with van der Waals surface area (Å²) in [6.07, 6.45) is 0.961. The molecule has 2 rings (SSSR count). The van der Waals surface area contributed by atoms with E-state index in [0.717, 1.165) is 24.1 Å². The van der Waals surface area contributed by atoms with E-state index in [2.05, 4.69) is 0 Å². The number of esters is 1. The van der Waals surface area contributed by atoms with Crippen LogP contribution >= 0.6 is 23.4 Å². The third-order valence-corrected chi connectivity index (χ3v) is 5.34. The predicted octanol–water partition coefficient (Wildman–Crippen LogP) is 3.35. The van der Waals surface area contributed by atoms with Crippen molar-refractivity contribution in [1.82, 2.24) is 0 Å². The topological polar surface area (TPSA) is 104 Å². The van der Waals surface area contributed by atoms with Crippen molar-refractivity contribution in [2.45, 2.75) is 9.79 Å². The molecule has 0 fully saturated rings. The highest BCUT2D eigenvalue weighted by Crippen LogP contribution is 2.31. The van der Waals surface area contributed by atoms with Crippen LogP contribution in [0.15, 0.2) is 52.3 Å². The highest BCUT2D eigenvalue weighted by Gasteiger charge is 2.20. The monoisotopic (exact) mass is 401 g/mol. The van der Waals surface area contributed by atoms with E-state index >= 15 is 0 Å². The second kappa shape index (κ2) is 7.85. The molecule has 132 valence electrons. The van der Waals surface area contributed by atoms with Crippen LogP contribution in [0, 0.1) is 10.1 Å². The summed E-state index contributed by atoms with van der Waals surface area (Å²) in [4.78, 5) is 22.3. The average molecular weight is 402 g/mol. The zero-order chi connectivity index (χ0) is 18.6. The van der Waals surface area contributed by atoms with Gasteiger partial charge in [0.05, 0.1) is 20.5 Å². The zero-order valence-electron chi connectivity index (χ0n) is 12.8. The Bertz CT molecular complexity index is 912. The summed E-state index contributed by atoms with van der Waals surface area (Å²) in [5, 5.41) is 11.6. The van der Waals surface area contributed by atoms with Gasteiger partial charge in [-0.1, -0.05) is 11.6 Å². The van der Waals surface area contributed by atoms with Crippen LogP contribution in [-0.2, 0) is 14.6 Å². The molecule has 0 saturated heterocycles. The number of halogens is 1. The molecule has 0 aliphatic rings. The van der Waals surface area contributed by atoms with Crippen LogP contribution in [0.5, 0.6) is 5.75 Å². The van der Waals surface area contributed by atoms with E-state index in [0.29, 0.717) is 10.8 Å². The minimum atomic E-state index is -3.57. The first-order chi connectivity index (χ1) is 11.7. The molecule has 10 heteroatoms. The second-order valence-corrected chi connectivity index (χ2v) is 8.34. The van der Waals surface area contributed by atoms with Crippen molar-refractivity contribution >= 4 is 44.9 Å². The van der Waals surface area contributed by atoms with E-state index in [1.54, 1.807) is 12.1 Å². The number of nitro benzene ring substituents is 1. The number of hydrogen-bond donors (Lipinski definition) is 0. The van der Waals surface area contributed by atoms with E-state index < -0.39 is 20.7 Å². The van der Waals surface area contributed by atoms with Crippen molar-refractivity contribution in [3.63, 3.8) is 0 Å². The van der Waals surface area contributed by atoms with Gasteiger partial charge >= 0.3 is 5.97 Å². The van der Waals surface area contributed by atoms with Gasteiger partial charge in [-0.2, -0.15) is 0 Å². The van der Waals surface area contributed by atoms with Gasteiger partial charge < -0.3 is 4.74 Å². The molecule has 7 nitrogen and oxygen atoms in total. The highest BCUT2D eigenvalue weighted by atomic mass is 35.5. The number of sulfone groups is 1. The molecule has 0 N–H and O–H groups in total. The summed E-state index contributed by atoms with van der Waals surface area (Å²) in [6.45, 7) is 0. The normalized spacial score (nSPS) is 11.1. The molecule has 0 heterocycles. The van der Waals surface area contributed by atoms with Crippen LogP contribution in [-0.4, -0.2) is 31.3 Å². The highest BCUT2D eigenvalue weighted by molar-refractivity contribution is 8.00. The molecule has 0 atom stereocenters. The van der Waals surface area contributed by atoms with Crippen LogP contribution < -0.4 is 4.74 Å². The van der Waals surface area contributed by atoms with Gasteiger partial charge in [-0.15, -0.1) is 11.8 Å². The predicted molar refractivity (Wildman–Crippen MR) is 94.0 cm³/mol. The molecule has 2 aromatic rings. The maximum Gasteiger partial charge on any atom is 0.321 e. The first kappa shape index (κ1) is 19.2. The lowest BCUT2D eigenvalue weighted by atomic mass is 10.3. The lowest BCUT2D eigenvalue weighted by molar-refractivity contribution is -0.388. The lowest BCUT2D eigenvalue weighted by Gasteiger charge is -2.06. The van der Waals surface area contributed by atoms with Crippen molar-refractivity contribution in [3.05, 3.63) is 57.6 Å². The zero-order valence-corrected chi connectivity index (χ0v) is 15.2. The summed E-state index contributed by atoms with van der Waals surface area (Å²) in [5.41, 5.74) is -0.382. The van der Waals surface area contributed by atoms with Gasteiger partial charge in [0.25, 0.3) is 5.69 Å². The number of nitrogens with zero attached hydrogens (tertiary/aromatic N) is 1. The number of carbonyl (C=O) groups is 1. The van der Waals surface area contributed by atoms with Crippen molar-refractivity contribution < 1.29 is 22.9 Å². The fourth-order valence-corrected chi connectivity index (χ4v) is 3.34. The minimum Gasteiger partial charge on any atom is -0.426 e. The fraction of sp³-hybridized carbons (Fsp3) is 0.133. The van der Waals surface area contributed by atoms with Gasteiger partial charge in [-0.25, -0.2) is 8.42 Å². The molecule has 2 aromatic carbocycles. The molecular weight excluding hydrogens is 390 g/mol. The van der Waals surface area contributed by atoms with Gasteiger partial charge in [0, 0.05) is 17.3 Å². The average Bonchev–Trinajstić information content (AvgIpc) is 2.54. The maximum atomic E-state index is 11.8. The quantitative estimate of drug-likeness (QED) is 0.240. The fourth-order valence-electron chi connectivity index (χ4n) is 1.79. The SMILES string of the molecule is CS(=O)(=O)c1ccc(SCC(=O)Oc2ccc(Cl)cc2)c([N+](=O)[O-])c1. The van der Waals surface area contributed by atoms with Gasteiger partial charge in [0.15, 0.2) is 9.84 Å². The summed E-state index contributed by atoms with van der Waals surface area (Å²) in [7, 11) is -3.57. The molecule has 0 spiro atoms. The molecule has 0 bridgehead atoms. The van der Waals surface area contributed by atoms with E-state index in [-0.39, 0.29) is 21.2 Å². The number of benzene rings is 2. The molecule has 0 aliphatic carbocycles. The molecule has 0 saturated carbocycles. The summed E-state index contributed by atoms with van der Waals surface area (Å²) >= 11 is 6.62. The number of ether oxygens (including phenoxy) is 1. The standard InChI is InChI=1S/C15H12ClNO6S2/c1-25(21,22)12-6-7-14(13(8-12)17(19)20)24-9-15(18)23-11-4-2-10(16)3-5-11/h2-8H,9H2,1H3. The van der Waals surface area contributed by atoms with Gasteiger partial charge in [-0.3, -0.25) is 14.9 Å². The van der Waals surface area contributed by atoms with Gasteiger partial charge in [-0.05, 0) is 36.4 Å². The van der Waals surface area contributed by atoms with Crippen LogP contribution in [0.4, 0.5) is 5.69 Å². The maximum absolute atomic E-state index is 11.8. The van der Waals surface area contributed by atoms with E-state index in [4.69, 9.17) is 16.3 Å². The number of thioether (sulfide) groups is 1. The molecule has 0 radical (unpaired) electrons. The van der Waals surface area contributed by atoms with Crippen molar-refractivity contribution in [1.29, 1.82) is 0 Å². The second-order valence-electron chi connectivity index (χ2n) is 4.88. The van der Waals surface area contributed by atoms with Gasteiger partial charge in [0.2, 0.25) is 0 Å². The first-order valence-corrected chi connectivity index (χ1v) is 10.00. The third-order valence-electron chi connectivity index (χ3n) is 2.95. The number of carbonyl (C=O) groups excluding carboxylic acids is 1. The van der Waals surface area contributed by atoms with E-state index in [9.17, 15) is 23.3 Å². The molecular formula is C15H12ClNO6S2. The molecule has 0 amide bonds. The Kier molecular flexibility index (Phi) is 6.04. The van der Waals surface area contributed by atoms with Crippen LogP contribution in [0.25, 0.3) is 0 Å². The van der Waals surface area contributed by atoms with Crippen molar-refractivity contribution in [2.24, 2.45) is 0 Å². The number of nitro groups is 1.